The maximum absolute atomic E-state index is 5.73. The van der Waals surface area contributed by atoms with Crippen molar-refractivity contribution in [2.75, 3.05) is 18.8 Å². The lowest BCUT2D eigenvalue weighted by Crippen LogP contribution is -2.10. The zero-order valence-electron chi connectivity index (χ0n) is 9.19. The second kappa shape index (κ2) is 3.79. The molecule has 1 atom stereocenters. The molecule has 1 saturated heterocycles. The van der Waals surface area contributed by atoms with Crippen LogP contribution in [-0.4, -0.2) is 22.5 Å². The summed E-state index contributed by atoms with van der Waals surface area (Å²) in [5.41, 5.74) is 8.62. The van der Waals surface area contributed by atoms with Gasteiger partial charge in [0.2, 0.25) is 0 Å². The molecule has 3 heterocycles. The van der Waals surface area contributed by atoms with Crippen molar-refractivity contribution in [2.45, 2.75) is 12.8 Å². The van der Waals surface area contributed by atoms with Gasteiger partial charge >= 0.3 is 0 Å². The number of nitrogen functional groups attached to an aromatic ring is 1. The highest BCUT2D eigenvalue weighted by molar-refractivity contribution is 5.52. The van der Waals surface area contributed by atoms with Gasteiger partial charge in [0, 0.05) is 24.1 Å². The Kier molecular flexibility index (Phi) is 2.29. The van der Waals surface area contributed by atoms with E-state index in [1.807, 2.05) is 22.7 Å². The standard InChI is InChI=1S/C12H16N4/c13-10-2-4-16-8-11(15-12(16)6-10)5-9-1-3-14-7-9/h2,4,6,8-9,14H,1,3,5,7,13H2. The highest BCUT2D eigenvalue weighted by Gasteiger charge is 2.16. The van der Waals surface area contributed by atoms with Crippen LogP contribution in [0.3, 0.4) is 0 Å². The van der Waals surface area contributed by atoms with E-state index in [2.05, 4.69) is 16.5 Å². The van der Waals surface area contributed by atoms with E-state index < -0.39 is 0 Å². The van der Waals surface area contributed by atoms with Crippen LogP contribution in [0.5, 0.6) is 0 Å². The third kappa shape index (κ3) is 1.76. The van der Waals surface area contributed by atoms with E-state index in [9.17, 15) is 0 Å². The van der Waals surface area contributed by atoms with Crippen LogP contribution in [-0.2, 0) is 6.42 Å². The van der Waals surface area contributed by atoms with Gasteiger partial charge in [-0.1, -0.05) is 0 Å². The summed E-state index contributed by atoms with van der Waals surface area (Å²) in [5, 5.41) is 3.38. The number of nitrogens with one attached hydrogen (secondary N) is 1. The third-order valence-corrected chi connectivity index (χ3v) is 3.19. The fourth-order valence-corrected chi connectivity index (χ4v) is 2.33. The second-order valence-electron chi connectivity index (χ2n) is 4.52. The highest BCUT2D eigenvalue weighted by atomic mass is 15.0. The van der Waals surface area contributed by atoms with Crippen molar-refractivity contribution < 1.29 is 0 Å². The summed E-state index contributed by atoms with van der Waals surface area (Å²) in [5.74, 6) is 0.738. The van der Waals surface area contributed by atoms with Gasteiger partial charge in [0.05, 0.1) is 5.69 Å². The number of fused-ring (bicyclic) bond motifs is 1. The number of hydrogen-bond donors (Lipinski definition) is 2. The van der Waals surface area contributed by atoms with E-state index in [4.69, 9.17) is 5.73 Å². The van der Waals surface area contributed by atoms with Gasteiger partial charge in [-0.05, 0) is 37.9 Å². The van der Waals surface area contributed by atoms with Gasteiger partial charge in [-0.3, -0.25) is 0 Å². The first-order valence-electron chi connectivity index (χ1n) is 5.75. The Bertz CT molecular complexity index is 497. The number of imidazole rings is 1. The smallest absolute Gasteiger partial charge is 0.139 e. The molecule has 1 aliphatic rings. The fraction of sp³-hybridized carbons (Fsp3) is 0.417. The van der Waals surface area contributed by atoms with Crippen LogP contribution >= 0.6 is 0 Å². The Morgan fingerprint density at radius 3 is 3.31 bits per heavy atom. The first-order chi connectivity index (χ1) is 7.81. The summed E-state index contributed by atoms with van der Waals surface area (Å²) in [6, 6.07) is 3.81. The molecule has 2 aromatic heterocycles. The number of anilines is 1. The van der Waals surface area contributed by atoms with E-state index in [0.717, 1.165) is 36.8 Å². The molecule has 0 aliphatic carbocycles. The summed E-state index contributed by atoms with van der Waals surface area (Å²) < 4.78 is 2.04. The van der Waals surface area contributed by atoms with E-state index in [1.54, 1.807) is 0 Å². The summed E-state index contributed by atoms with van der Waals surface area (Å²) in [4.78, 5) is 4.59. The zero-order chi connectivity index (χ0) is 11.0. The molecule has 1 unspecified atom stereocenters. The van der Waals surface area contributed by atoms with Gasteiger partial charge in [0.25, 0.3) is 0 Å². The number of pyridine rings is 1. The molecule has 84 valence electrons. The Hall–Kier alpha value is -1.55. The number of aromatic nitrogens is 2. The van der Waals surface area contributed by atoms with Crippen molar-refractivity contribution in [3.8, 4) is 0 Å². The average molecular weight is 216 g/mol. The van der Waals surface area contributed by atoms with Gasteiger partial charge in [0.1, 0.15) is 5.65 Å². The van der Waals surface area contributed by atoms with Crippen LogP contribution in [0.4, 0.5) is 5.69 Å². The van der Waals surface area contributed by atoms with Crippen LogP contribution in [0.1, 0.15) is 12.1 Å². The summed E-state index contributed by atoms with van der Waals surface area (Å²) >= 11 is 0. The van der Waals surface area contributed by atoms with Crippen LogP contribution < -0.4 is 11.1 Å². The Morgan fingerprint density at radius 2 is 2.50 bits per heavy atom. The number of nitrogens with zero attached hydrogens (tertiary/aromatic N) is 2. The van der Waals surface area contributed by atoms with Gasteiger partial charge in [-0.15, -0.1) is 0 Å². The molecule has 0 radical (unpaired) electrons. The maximum Gasteiger partial charge on any atom is 0.139 e. The van der Waals surface area contributed by atoms with Crippen molar-refractivity contribution in [1.82, 2.24) is 14.7 Å². The first kappa shape index (κ1) is 9.66. The zero-order valence-corrected chi connectivity index (χ0v) is 9.19. The molecular formula is C12H16N4. The predicted molar refractivity (Wildman–Crippen MR) is 64.3 cm³/mol. The number of rotatable bonds is 2. The van der Waals surface area contributed by atoms with Crippen LogP contribution in [0, 0.1) is 5.92 Å². The van der Waals surface area contributed by atoms with E-state index in [1.165, 1.54) is 12.1 Å². The second-order valence-corrected chi connectivity index (χ2v) is 4.52. The molecule has 1 aliphatic heterocycles. The first-order valence-corrected chi connectivity index (χ1v) is 5.75. The van der Waals surface area contributed by atoms with Crippen molar-refractivity contribution in [3.63, 3.8) is 0 Å². The predicted octanol–water partition coefficient (Wildman–Crippen LogP) is 1.07. The third-order valence-electron chi connectivity index (χ3n) is 3.19. The van der Waals surface area contributed by atoms with Gasteiger partial charge < -0.3 is 15.5 Å². The number of nitrogens with two attached hydrogens (primary N) is 1. The summed E-state index contributed by atoms with van der Waals surface area (Å²) in [6.45, 7) is 2.26. The minimum absolute atomic E-state index is 0.738. The van der Waals surface area contributed by atoms with Crippen molar-refractivity contribution in [1.29, 1.82) is 0 Å². The summed E-state index contributed by atoms with van der Waals surface area (Å²) in [6.07, 6.45) is 6.39. The van der Waals surface area contributed by atoms with Crippen molar-refractivity contribution in [3.05, 3.63) is 30.2 Å². The molecule has 16 heavy (non-hydrogen) atoms. The molecule has 0 saturated carbocycles. The average Bonchev–Trinajstić information content (AvgIpc) is 2.86. The fourth-order valence-electron chi connectivity index (χ4n) is 2.33. The largest absolute Gasteiger partial charge is 0.399 e. The van der Waals surface area contributed by atoms with Crippen molar-refractivity contribution in [2.24, 2.45) is 5.92 Å². The Morgan fingerprint density at radius 1 is 1.56 bits per heavy atom. The van der Waals surface area contributed by atoms with Gasteiger partial charge in [-0.2, -0.15) is 0 Å². The highest BCUT2D eigenvalue weighted by Crippen LogP contribution is 2.16. The van der Waals surface area contributed by atoms with E-state index >= 15 is 0 Å². The van der Waals surface area contributed by atoms with Crippen molar-refractivity contribution >= 4 is 11.3 Å². The quantitative estimate of drug-likeness (QED) is 0.789. The molecule has 2 aromatic rings. The van der Waals surface area contributed by atoms with Crippen LogP contribution in [0.2, 0.25) is 0 Å². The Labute approximate surface area is 94.5 Å². The minimum Gasteiger partial charge on any atom is -0.399 e. The van der Waals surface area contributed by atoms with Crippen LogP contribution in [0.15, 0.2) is 24.5 Å². The molecule has 0 amide bonds. The molecule has 1 fully saturated rings. The normalized spacial score (nSPS) is 20.6. The molecule has 4 nitrogen and oxygen atoms in total. The molecule has 0 aromatic carbocycles. The topological polar surface area (TPSA) is 55.4 Å². The van der Waals surface area contributed by atoms with E-state index in [0.29, 0.717) is 0 Å². The molecule has 4 heteroatoms. The SMILES string of the molecule is Nc1ccn2cc(CC3CCNC3)nc2c1. The monoisotopic (exact) mass is 216 g/mol. The lowest BCUT2D eigenvalue weighted by molar-refractivity contribution is 0.573. The molecule has 0 bridgehead atoms. The maximum atomic E-state index is 5.73. The lowest BCUT2D eigenvalue weighted by Gasteiger charge is -2.03. The lowest BCUT2D eigenvalue weighted by atomic mass is 10.0. The Balaban J connectivity index is 1.86. The molecular weight excluding hydrogens is 200 g/mol. The van der Waals surface area contributed by atoms with E-state index in [-0.39, 0.29) is 0 Å². The molecule has 3 N–H and O–H groups in total. The van der Waals surface area contributed by atoms with Gasteiger partial charge in [-0.25, -0.2) is 4.98 Å². The number of hydrogen-bond acceptors (Lipinski definition) is 3. The summed E-state index contributed by atoms with van der Waals surface area (Å²) in [7, 11) is 0. The molecule has 3 rings (SSSR count). The van der Waals surface area contributed by atoms with Crippen LogP contribution in [0.25, 0.3) is 5.65 Å². The van der Waals surface area contributed by atoms with Gasteiger partial charge in [0.15, 0.2) is 0 Å². The molecule has 0 spiro atoms. The minimum atomic E-state index is 0.738.